The fourth-order valence-electron chi connectivity index (χ4n) is 1.46. The Kier molecular flexibility index (Phi) is 4.28. The second kappa shape index (κ2) is 5.94. The number of aromatic hydroxyl groups is 1. The Labute approximate surface area is 115 Å². The van der Waals surface area contributed by atoms with Crippen molar-refractivity contribution in [3.05, 3.63) is 53.1 Å². The third-order valence-corrected chi connectivity index (χ3v) is 3.36. The lowest BCUT2D eigenvalue weighted by Crippen LogP contribution is -1.82. The summed E-state index contributed by atoms with van der Waals surface area (Å²) in [6, 6.07) is 12.8. The van der Waals surface area contributed by atoms with E-state index in [1.165, 1.54) is 0 Å². The van der Waals surface area contributed by atoms with Gasteiger partial charge < -0.3 is 5.11 Å². The van der Waals surface area contributed by atoms with E-state index < -0.39 is 0 Å². The van der Waals surface area contributed by atoms with Gasteiger partial charge in [-0.05, 0) is 42.7 Å². The van der Waals surface area contributed by atoms with Gasteiger partial charge in [-0.2, -0.15) is 0 Å². The van der Waals surface area contributed by atoms with Crippen LogP contribution in [0.3, 0.4) is 0 Å². The maximum Gasteiger partial charge on any atom is 0.124 e. The number of halogens is 1. The number of rotatable bonds is 3. The molecule has 0 radical (unpaired) electrons. The van der Waals surface area contributed by atoms with Gasteiger partial charge in [0.25, 0.3) is 0 Å². The molecule has 0 aliphatic heterocycles. The lowest BCUT2D eigenvalue weighted by atomic mass is 10.2. The quantitative estimate of drug-likeness (QED) is 0.661. The summed E-state index contributed by atoms with van der Waals surface area (Å²) >= 11 is 7.54. The molecule has 4 heteroatoms. The zero-order valence-electron chi connectivity index (χ0n) is 9.80. The van der Waals surface area contributed by atoms with Crippen molar-refractivity contribution in [2.75, 3.05) is 6.26 Å². The van der Waals surface area contributed by atoms with E-state index in [0.29, 0.717) is 10.6 Å². The van der Waals surface area contributed by atoms with Crippen LogP contribution in [-0.2, 0) is 0 Å². The number of phenolic OH excluding ortho intramolecular Hbond substituents is 1. The normalized spacial score (nSPS) is 11.0. The first-order valence-corrected chi connectivity index (χ1v) is 6.96. The van der Waals surface area contributed by atoms with Crippen molar-refractivity contribution in [2.24, 2.45) is 4.99 Å². The van der Waals surface area contributed by atoms with Crippen molar-refractivity contribution in [3.63, 3.8) is 0 Å². The average Bonchev–Trinajstić information content (AvgIpc) is 2.40. The predicted octanol–water partition coefficient (Wildman–Crippen LogP) is 4.52. The number of hydrogen-bond acceptors (Lipinski definition) is 3. The van der Waals surface area contributed by atoms with E-state index in [-0.39, 0.29) is 5.75 Å². The molecule has 1 N–H and O–H groups in total. The van der Waals surface area contributed by atoms with Crippen molar-refractivity contribution in [1.29, 1.82) is 0 Å². The molecule has 18 heavy (non-hydrogen) atoms. The number of thioether (sulfide) groups is 1. The number of hydrogen-bond donors (Lipinski definition) is 1. The number of nitrogens with zero attached hydrogens (tertiary/aromatic N) is 1. The van der Waals surface area contributed by atoms with Crippen LogP contribution in [0.5, 0.6) is 5.75 Å². The van der Waals surface area contributed by atoms with Crippen LogP contribution in [0.2, 0.25) is 5.02 Å². The van der Waals surface area contributed by atoms with Crippen molar-refractivity contribution >= 4 is 35.3 Å². The minimum absolute atomic E-state index is 0.171. The molecule has 0 aliphatic rings. The number of aliphatic imine (C=N–C) groups is 1. The number of phenols is 1. The van der Waals surface area contributed by atoms with Crippen LogP contribution < -0.4 is 0 Å². The summed E-state index contributed by atoms with van der Waals surface area (Å²) in [6.45, 7) is 0. The second-order valence-corrected chi connectivity index (χ2v) is 4.98. The summed E-state index contributed by atoms with van der Waals surface area (Å²) in [5.41, 5.74) is 1.46. The fraction of sp³-hybridized carbons (Fsp3) is 0.0714. The molecule has 0 saturated carbocycles. The summed E-state index contributed by atoms with van der Waals surface area (Å²) in [7, 11) is 0. The Morgan fingerprint density at radius 2 is 2.06 bits per heavy atom. The minimum atomic E-state index is 0.171. The van der Waals surface area contributed by atoms with Gasteiger partial charge >= 0.3 is 0 Å². The first-order chi connectivity index (χ1) is 8.69. The molecule has 92 valence electrons. The lowest BCUT2D eigenvalue weighted by Gasteiger charge is -2.00. The van der Waals surface area contributed by atoms with Crippen molar-refractivity contribution in [3.8, 4) is 5.75 Å². The molecule has 2 rings (SSSR count). The molecular weight excluding hydrogens is 266 g/mol. The molecule has 0 heterocycles. The molecule has 0 saturated heterocycles. The van der Waals surface area contributed by atoms with E-state index in [2.05, 4.69) is 4.99 Å². The van der Waals surface area contributed by atoms with Crippen molar-refractivity contribution < 1.29 is 5.11 Å². The molecular formula is C14H12ClNOS. The van der Waals surface area contributed by atoms with Gasteiger partial charge in [-0.3, -0.25) is 4.99 Å². The van der Waals surface area contributed by atoms with Crippen LogP contribution in [-0.4, -0.2) is 17.6 Å². The topological polar surface area (TPSA) is 32.6 Å². The van der Waals surface area contributed by atoms with Crippen LogP contribution in [0.4, 0.5) is 5.69 Å². The zero-order chi connectivity index (χ0) is 13.0. The van der Waals surface area contributed by atoms with Crippen molar-refractivity contribution in [2.45, 2.75) is 4.90 Å². The van der Waals surface area contributed by atoms with Crippen LogP contribution >= 0.6 is 23.4 Å². The van der Waals surface area contributed by atoms with E-state index in [9.17, 15) is 5.11 Å². The largest absolute Gasteiger partial charge is 0.507 e. The van der Waals surface area contributed by atoms with Gasteiger partial charge in [-0.25, -0.2) is 0 Å². The Hall–Kier alpha value is -1.45. The fourth-order valence-corrected chi connectivity index (χ4v) is 2.10. The second-order valence-electron chi connectivity index (χ2n) is 3.66. The summed E-state index contributed by atoms with van der Waals surface area (Å²) < 4.78 is 0. The highest BCUT2D eigenvalue weighted by Crippen LogP contribution is 2.23. The maximum atomic E-state index is 9.66. The van der Waals surface area contributed by atoms with Crippen LogP contribution in [0.1, 0.15) is 5.56 Å². The van der Waals surface area contributed by atoms with Gasteiger partial charge in [0.15, 0.2) is 0 Å². The summed E-state index contributed by atoms with van der Waals surface area (Å²) in [5.74, 6) is 0.171. The standard InChI is InChI=1S/C14H12ClNOS/c1-18-13-4-2-3-12(8-13)16-9-10-7-11(15)5-6-14(10)17/h2-9,17H,1H3. The average molecular weight is 278 g/mol. The van der Waals surface area contributed by atoms with Gasteiger partial charge in [-0.15, -0.1) is 11.8 Å². The Bertz CT molecular complexity index is 584. The van der Waals surface area contributed by atoms with E-state index in [1.54, 1.807) is 36.2 Å². The molecule has 0 aromatic heterocycles. The summed E-state index contributed by atoms with van der Waals surface area (Å²) in [6.07, 6.45) is 3.63. The molecule has 2 nitrogen and oxygen atoms in total. The van der Waals surface area contributed by atoms with E-state index >= 15 is 0 Å². The lowest BCUT2D eigenvalue weighted by molar-refractivity contribution is 0.474. The third kappa shape index (κ3) is 3.28. The Morgan fingerprint density at radius 1 is 1.22 bits per heavy atom. The van der Waals surface area contributed by atoms with E-state index in [0.717, 1.165) is 10.6 Å². The first-order valence-electron chi connectivity index (χ1n) is 5.35. The highest BCUT2D eigenvalue weighted by atomic mass is 35.5. The van der Waals surface area contributed by atoms with Crippen LogP contribution in [0.25, 0.3) is 0 Å². The van der Waals surface area contributed by atoms with Crippen LogP contribution in [0, 0.1) is 0 Å². The predicted molar refractivity (Wildman–Crippen MR) is 78.6 cm³/mol. The van der Waals surface area contributed by atoms with Gasteiger partial charge in [0, 0.05) is 21.7 Å². The highest BCUT2D eigenvalue weighted by Gasteiger charge is 1.99. The smallest absolute Gasteiger partial charge is 0.124 e. The van der Waals surface area contributed by atoms with Crippen molar-refractivity contribution in [1.82, 2.24) is 0 Å². The van der Waals surface area contributed by atoms with Gasteiger partial charge in [-0.1, -0.05) is 17.7 Å². The molecule has 0 unspecified atom stereocenters. The van der Waals surface area contributed by atoms with Gasteiger partial charge in [0.1, 0.15) is 5.75 Å². The monoisotopic (exact) mass is 277 g/mol. The highest BCUT2D eigenvalue weighted by molar-refractivity contribution is 7.98. The van der Waals surface area contributed by atoms with Gasteiger partial charge in [0.05, 0.1) is 5.69 Å². The molecule has 2 aromatic carbocycles. The summed E-state index contributed by atoms with van der Waals surface area (Å²) in [4.78, 5) is 5.48. The molecule has 0 atom stereocenters. The molecule has 0 aliphatic carbocycles. The molecule has 0 spiro atoms. The molecule has 0 fully saturated rings. The Balaban J connectivity index is 2.26. The molecule has 2 aromatic rings. The van der Waals surface area contributed by atoms with E-state index in [1.807, 2.05) is 30.5 Å². The third-order valence-electron chi connectivity index (χ3n) is 2.40. The summed E-state index contributed by atoms with van der Waals surface area (Å²) in [5, 5.41) is 10.2. The zero-order valence-corrected chi connectivity index (χ0v) is 11.4. The van der Waals surface area contributed by atoms with Crippen LogP contribution in [0.15, 0.2) is 52.4 Å². The minimum Gasteiger partial charge on any atom is -0.507 e. The first kappa shape index (κ1) is 13.0. The molecule has 0 bridgehead atoms. The molecule has 0 amide bonds. The Morgan fingerprint density at radius 3 is 2.83 bits per heavy atom. The van der Waals surface area contributed by atoms with Gasteiger partial charge in [0.2, 0.25) is 0 Å². The van der Waals surface area contributed by atoms with E-state index in [4.69, 9.17) is 11.6 Å². The maximum absolute atomic E-state index is 9.66. The number of benzene rings is 2. The SMILES string of the molecule is CSc1cccc(N=Cc2cc(Cl)ccc2O)c1.